The molecule has 198 valence electrons. The Balaban J connectivity index is 1.30. The molecule has 0 saturated heterocycles. The minimum Gasteiger partial charge on any atom is -0.508 e. The molecule has 5 rings (SSSR count). The van der Waals surface area contributed by atoms with Crippen LogP contribution >= 0.6 is 0 Å². The fourth-order valence-corrected chi connectivity index (χ4v) is 5.51. The molecule has 0 aromatic heterocycles. The molecule has 2 aliphatic rings. The van der Waals surface area contributed by atoms with Crippen LogP contribution in [-0.4, -0.2) is 17.4 Å². The Labute approximate surface area is 230 Å². The Bertz CT molecular complexity index is 1440. The van der Waals surface area contributed by atoms with Crippen molar-refractivity contribution < 1.29 is 19.4 Å². The molecule has 4 heteroatoms. The third-order valence-corrected chi connectivity index (χ3v) is 7.46. The number of hydrogen-bond donors (Lipinski definition) is 1. The highest BCUT2D eigenvalue weighted by Crippen LogP contribution is 2.50. The number of unbranched alkanes of at least 4 members (excludes halogenated alkanes) is 6. The highest BCUT2D eigenvalue weighted by atomic mass is 16.5. The molecule has 0 saturated carbocycles. The molecule has 0 atom stereocenters. The van der Waals surface area contributed by atoms with E-state index in [1.54, 1.807) is 12.1 Å². The van der Waals surface area contributed by atoms with E-state index in [0.29, 0.717) is 25.0 Å². The monoisotopic (exact) mass is 518 g/mol. The van der Waals surface area contributed by atoms with Crippen LogP contribution in [0, 0.1) is 0 Å². The maximum Gasteiger partial charge on any atom is 0.311 e. The number of phenols is 1. The van der Waals surface area contributed by atoms with Gasteiger partial charge in [-0.3, -0.25) is 4.79 Å². The van der Waals surface area contributed by atoms with E-state index in [1.807, 2.05) is 24.3 Å². The SMILES string of the molecule is O=CCCCCCCCCC(=O)OC1=CCC(=C2c3ccccc3-c3cccc(-c4ccc(O)cc4)c32)C=C1. The Kier molecular flexibility index (Phi) is 8.52. The highest BCUT2D eigenvalue weighted by molar-refractivity contribution is 6.07. The fraction of sp³-hybridized carbons (Fsp3) is 0.257. The van der Waals surface area contributed by atoms with Crippen molar-refractivity contribution in [2.24, 2.45) is 0 Å². The van der Waals surface area contributed by atoms with Gasteiger partial charge in [-0.15, -0.1) is 0 Å². The number of aldehydes is 1. The van der Waals surface area contributed by atoms with Gasteiger partial charge in [-0.25, -0.2) is 0 Å². The van der Waals surface area contributed by atoms with Crippen LogP contribution in [0.2, 0.25) is 0 Å². The van der Waals surface area contributed by atoms with Gasteiger partial charge < -0.3 is 14.6 Å². The number of allylic oxidation sites excluding steroid dienone is 4. The second kappa shape index (κ2) is 12.6. The topological polar surface area (TPSA) is 63.6 Å². The second-order valence-corrected chi connectivity index (χ2v) is 10.2. The molecule has 2 aliphatic carbocycles. The summed E-state index contributed by atoms with van der Waals surface area (Å²) in [4.78, 5) is 22.8. The van der Waals surface area contributed by atoms with Gasteiger partial charge in [-0.2, -0.15) is 0 Å². The zero-order valence-electron chi connectivity index (χ0n) is 22.2. The summed E-state index contributed by atoms with van der Waals surface area (Å²) in [7, 11) is 0. The minimum atomic E-state index is -0.186. The van der Waals surface area contributed by atoms with Crippen LogP contribution < -0.4 is 0 Å². The first-order chi connectivity index (χ1) is 19.2. The molecule has 39 heavy (non-hydrogen) atoms. The number of ether oxygens (including phenoxy) is 1. The summed E-state index contributed by atoms with van der Waals surface area (Å²) in [6.45, 7) is 0. The van der Waals surface area contributed by atoms with Crippen LogP contribution in [0.5, 0.6) is 5.75 Å². The number of phenolic OH excluding ortho intramolecular Hbond substituents is 1. The average molecular weight is 519 g/mol. The summed E-state index contributed by atoms with van der Waals surface area (Å²) in [5.41, 5.74) is 9.40. The number of carbonyl (C=O) groups is 2. The maximum atomic E-state index is 12.4. The van der Waals surface area contributed by atoms with Crippen molar-refractivity contribution in [3.63, 3.8) is 0 Å². The van der Waals surface area contributed by atoms with Crippen molar-refractivity contribution in [3.8, 4) is 28.0 Å². The van der Waals surface area contributed by atoms with Crippen LogP contribution in [0.1, 0.15) is 68.9 Å². The van der Waals surface area contributed by atoms with Gasteiger partial charge in [-0.05, 0) is 88.1 Å². The number of hydrogen-bond acceptors (Lipinski definition) is 4. The lowest BCUT2D eigenvalue weighted by Crippen LogP contribution is -2.05. The van der Waals surface area contributed by atoms with Crippen LogP contribution in [-0.2, 0) is 14.3 Å². The normalized spacial score (nSPS) is 15.4. The standard InChI is InChI=1S/C35H34O4/c36-24-9-5-3-1-2-4-6-15-33(38)39-28-22-18-26(19-23-28)34-31-12-8-7-11-30(31)32-14-10-13-29(35(32)34)25-16-20-27(37)21-17-25/h7-8,10-14,16-18,20-24,37H,1-6,9,15,19H2. The molecule has 0 amide bonds. The smallest absolute Gasteiger partial charge is 0.311 e. The van der Waals surface area contributed by atoms with Gasteiger partial charge in [-0.1, -0.05) is 86.4 Å². The van der Waals surface area contributed by atoms with Gasteiger partial charge in [0.2, 0.25) is 0 Å². The molecule has 0 heterocycles. The third kappa shape index (κ3) is 6.12. The molecule has 0 unspecified atom stereocenters. The lowest BCUT2D eigenvalue weighted by molar-refractivity contribution is -0.139. The maximum absolute atomic E-state index is 12.4. The summed E-state index contributed by atoms with van der Waals surface area (Å²) in [5, 5.41) is 9.82. The molecule has 0 fully saturated rings. The van der Waals surface area contributed by atoms with Gasteiger partial charge in [0.25, 0.3) is 0 Å². The first kappa shape index (κ1) is 26.4. The first-order valence-corrected chi connectivity index (χ1v) is 13.9. The molecule has 3 aromatic carbocycles. The summed E-state index contributed by atoms with van der Waals surface area (Å²) in [6.07, 6.45) is 14.7. The molecule has 1 N–H and O–H groups in total. The average Bonchev–Trinajstić information content (AvgIpc) is 3.30. The molecule has 3 aromatic rings. The Hall–Kier alpha value is -4.18. The van der Waals surface area contributed by atoms with E-state index in [0.717, 1.165) is 55.9 Å². The van der Waals surface area contributed by atoms with Crippen LogP contribution in [0.15, 0.2) is 96.3 Å². The Morgan fingerprint density at radius 2 is 1.46 bits per heavy atom. The van der Waals surface area contributed by atoms with Crippen molar-refractivity contribution in [1.82, 2.24) is 0 Å². The van der Waals surface area contributed by atoms with E-state index < -0.39 is 0 Å². The second-order valence-electron chi connectivity index (χ2n) is 10.2. The lowest BCUT2D eigenvalue weighted by atomic mass is 9.89. The largest absolute Gasteiger partial charge is 0.508 e. The quantitative estimate of drug-likeness (QED) is 0.123. The third-order valence-electron chi connectivity index (χ3n) is 7.46. The first-order valence-electron chi connectivity index (χ1n) is 13.9. The number of rotatable bonds is 11. The van der Waals surface area contributed by atoms with Gasteiger partial charge in [0.1, 0.15) is 17.8 Å². The van der Waals surface area contributed by atoms with Crippen molar-refractivity contribution in [2.45, 2.75) is 57.8 Å². The molecule has 0 radical (unpaired) electrons. The summed E-state index contributed by atoms with van der Waals surface area (Å²) < 4.78 is 5.66. The molecular weight excluding hydrogens is 484 g/mol. The van der Waals surface area contributed by atoms with E-state index in [2.05, 4.69) is 48.5 Å². The molecular formula is C35H34O4. The number of esters is 1. The van der Waals surface area contributed by atoms with Gasteiger partial charge in [0, 0.05) is 12.8 Å². The molecule has 4 nitrogen and oxygen atoms in total. The van der Waals surface area contributed by atoms with Crippen molar-refractivity contribution >= 4 is 17.8 Å². The van der Waals surface area contributed by atoms with E-state index in [9.17, 15) is 14.7 Å². The summed E-state index contributed by atoms with van der Waals surface area (Å²) in [5.74, 6) is 0.673. The van der Waals surface area contributed by atoms with E-state index in [1.165, 1.54) is 33.4 Å². The van der Waals surface area contributed by atoms with Gasteiger partial charge in [0.15, 0.2) is 0 Å². The Morgan fingerprint density at radius 1 is 0.769 bits per heavy atom. The molecule has 0 spiro atoms. The number of carbonyl (C=O) groups excluding carboxylic acids is 2. The lowest BCUT2D eigenvalue weighted by Gasteiger charge is -2.16. The van der Waals surface area contributed by atoms with Crippen LogP contribution in [0.25, 0.3) is 27.8 Å². The van der Waals surface area contributed by atoms with E-state index in [-0.39, 0.29) is 11.7 Å². The number of aromatic hydroxyl groups is 1. The predicted octanol–water partition coefficient (Wildman–Crippen LogP) is 8.55. The van der Waals surface area contributed by atoms with E-state index >= 15 is 0 Å². The summed E-state index contributed by atoms with van der Waals surface area (Å²) >= 11 is 0. The van der Waals surface area contributed by atoms with Crippen molar-refractivity contribution in [2.75, 3.05) is 0 Å². The molecule has 0 bridgehead atoms. The van der Waals surface area contributed by atoms with Crippen LogP contribution in [0.4, 0.5) is 0 Å². The van der Waals surface area contributed by atoms with Gasteiger partial charge >= 0.3 is 5.97 Å². The molecule has 0 aliphatic heterocycles. The van der Waals surface area contributed by atoms with E-state index in [4.69, 9.17) is 4.74 Å². The minimum absolute atomic E-state index is 0.186. The van der Waals surface area contributed by atoms with Crippen molar-refractivity contribution in [1.29, 1.82) is 0 Å². The fourth-order valence-electron chi connectivity index (χ4n) is 5.51. The zero-order valence-corrected chi connectivity index (χ0v) is 22.2. The number of benzene rings is 3. The Morgan fingerprint density at radius 3 is 2.21 bits per heavy atom. The zero-order chi connectivity index (χ0) is 27.0. The predicted molar refractivity (Wildman–Crippen MR) is 156 cm³/mol. The van der Waals surface area contributed by atoms with Crippen molar-refractivity contribution in [3.05, 3.63) is 107 Å². The van der Waals surface area contributed by atoms with Gasteiger partial charge in [0.05, 0.1) is 0 Å². The highest BCUT2D eigenvalue weighted by Gasteiger charge is 2.28. The summed E-state index contributed by atoms with van der Waals surface area (Å²) in [6, 6.07) is 22.3. The number of fused-ring (bicyclic) bond motifs is 3. The van der Waals surface area contributed by atoms with Crippen LogP contribution in [0.3, 0.4) is 0 Å².